The van der Waals surface area contributed by atoms with Crippen LogP contribution in [0.15, 0.2) is 29.2 Å². The lowest BCUT2D eigenvalue weighted by molar-refractivity contribution is 0.330. The molecule has 4 nitrogen and oxygen atoms in total. The average Bonchev–Trinajstić information content (AvgIpc) is 2.19. The van der Waals surface area contributed by atoms with Crippen LogP contribution in [0, 0.1) is 0 Å². The van der Waals surface area contributed by atoms with E-state index in [4.69, 9.17) is 0 Å². The number of rotatable bonds is 4. The van der Waals surface area contributed by atoms with Crippen molar-refractivity contribution < 1.29 is 12.9 Å². The molecule has 78 valence electrons. The summed E-state index contributed by atoms with van der Waals surface area (Å²) in [7, 11) is -2.05. The van der Waals surface area contributed by atoms with E-state index in [0.717, 1.165) is 0 Å². The van der Waals surface area contributed by atoms with Gasteiger partial charge in [-0.15, -0.1) is 4.48 Å². The van der Waals surface area contributed by atoms with Crippen LogP contribution in [-0.2, 0) is 16.6 Å². The molecule has 0 fully saturated rings. The molecule has 0 unspecified atom stereocenters. The van der Waals surface area contributed by atoms with Crippen LogP contribution >= 0.6 is 0 Å². The summed E-state index contributed by atoms with van der Waals surface area (Å²) in [5.41, 5.74) is 2.17. The molecule has 0 saturated carbocycles. The van der Waals surface area contributed by atoms with Crippen LogP contribution in [0.4, 0.5) is 4.48 Å². The molecular formula is C8H11FN2O2S. The fourth-order valence-electron chi connectivity index (χ4n) is 0.981. The van der Waals surface area contributed by atoms with Crippen LogP contribution in [0.2, 0.25) is 0 Å². The van der Waals surface area contributed by atoms with E-state index in [1.807, 2.05) is 0 Å². The first-order valence-electron chi connectivity index (χ1n) is 3.96. The molecular weight excluding hydrogens is 207 g/mol. The number of halogens is 1. The third-order valence-corrected chi connectivity index (χ3v) is 3.20. The van der Waals surface area contributed by atoms with Crippen LogP contribution in [-0.4, -0.2) is 15.5 Å². The van der Waals surface area contributed by atoms with E-state index in [-0.39, 0.29) is 11.4 Å². The zero-order valence-electron chi connectivity index (χ0n) is 7.62. The van der Waals surface area contributed by atoms with E-state index in [1.165, 1.54) is 24.7 Å². The highest BCUT2D eigenvalue weighted by Gasteiger charge is 2.09. The summed E-state index contributed by atoms with van der Waals surface area (Å²) in [6, 6.07) is 5.96. The van der Waals surface area contributed by atoms with E-state index in [2.05, 4.69) is 4.72 Å². The van der Waals surface area contributed by atoms with Crippen molar-refractivity contribution in [1.29, 1.82) is 0 Å². The van der Waals surface area contributed by atoms with Gasteiger partial charge in [0.25, 0.3) is 0 Å². The Morgan fingerprint density at radius 2 is 1.86 bits per heavy atom. The molecule has 1 aromatic carbocycles. The molecule has 0 aliphatic carbocycles. The molecule has 14 heavy (non-hydrogen) atoms. The summed E-state index contributed by atoms with van der Waals surface area (Å²) in [6.07, 6.45) is 0. The maximum atomic E-state index is 11.7. The summed E-state index contributed by atoms with van der Waals surface area (Å²) < 4.78 is 36.4. The molecule has 0 atom stereocenters. The van der Waals surface area contributed by atoms with Gasteiger partial charge in [0.15, 0.2) is 0 Å². The largest absolute Gasteiger partial charge is 0.240 e. The average molecular weight is 218 g/mol. The maximum absolute atomic E-state index is 11.7. The number of nitrogens with one attached hydrogen (secondary N) is 2. The van der Waals surface area contributed by atoms with Gasteiger partial charge in [-0.05, 0) is 24.7 Å². The summed E-state index contributed by atoms with van der Waals surface area (Å²) in [6.45, 7) is 0.0693. The van der Waals surface area contributed by atoms with Crippen molar-refractivity contribution in [1.82, 2.24) is 10.3 Å². The quantitative estimate of drug-likeness (QED) is 0.726. The SMILES string of the molecule is CNS(=O)(=O)c1ccc(CNF)cc1. The number of sulfonamides is 1. The Morgan fingerprint density at radius 1 is 1.29 bits per heavy atom. The standard InChI is InChI=1S/C8H11FN2O2S/c1-10-14(12,13)8-4-2-7(3-5-8)6-11-9/h2-5,10-11H,6H2,1H3. The number of hydrogen-bond acceptors (Lipinski definition) is 3. The Bertz CT molecular complexity index is 388. The fraction of sp³-hybridized carbons (Fsp3) is 0.250. The number of hydrogen-bond donors (Lipinski definition) is 2. The molecule has 0 spiro atoms. The summed E-state index contributed by atoms with van der Waals surface area (Å²) in [5, 5.41) is 0. The van der Waals surface area contributed by atoms with Gasteiger partial charge in [-0.2, -0.15) is 5.54 Å². The normalized spacial score (nSPS) is 11.6. The van der Waals surface area contributed by atoms with Crippen LogP contribution in [0.1, 0.15) is 5.56 Å². The van der Waals surface area contributed by atoms with Gasteiger partial charge < -0.3 is 0 Å². The van der Waals surface area contributed by atoms with Crippen molar-refractivity contribution in [3.05, 3.63) is 29.8 Å². The highest BCUT2D eigenvalue weighted by atomic mass is 32.2. The zero-order chi connectivity index (χ0) is 10.6. The molecule has 0 aromatic heterocycles. The molecule has 0 radical (unpaired) electrons. The second kappa shape index (κ2) is 4.50. The van der Waals surface area contributed by atoms with E-state index in [0.29, 0.717) is 5.56 Å². The van der Waals surface area contributed by atoms with Gasteiger partial charge in [0.1, 0.15) is 0 Å². The second-order valence-corrected chi connectivity index (χ2v) is 4.55. The van der Waals surface area contributed by atoms with Crippen LogP contribution in [0.3, 0.4) is 0 Å². The Hall–Kier alpha value is -0.980. The topological polar surface area (TPSA) is 58.2 Å². The molecule has 0 heterocycles. The van der Waals surface area contributed by atoms with E-state index in [1.54, 1.807) is 12.1 Å². The molecule has 6 heteroatoms. The second-order valence-electron chi connectivity index (χ2n) is 2.66. The third kappa shape index (κ3) is 2.50. The maximum Gasteiger partial charge on any atom is 0.240 e. The van der Waals surface area contributed by atoms with E-state index < -0.39 is 10.0 Å². The third-order valence-electron chi connectivity index (χ3n) is 1.77. The van der Waals surface area contributed by atoms with Crippen molar-refractivity contribution in [3.8, 4) is 0 Å². The Balaban J connectivity index is 2.94. The Kier molecular flexibility index (Phi) is 3.56. The van der Waals surface area contributed by atoms with Crippen molar-refractivity contribution in [2.75, 3.05) is 7.05 Å². The fourth-order valence-corrected chi connectivity index (χ4v) is 1.71. The molecule has 2 N–H and O–H groups in total. The Morgan fingerprint density at radius 3 is 2.29 bits per heavy atom. The molecule has 0 saturated heterocycles. The highest BCUT2D eigenvalue weighted by Crippen LogP contribution is 2.09. The van der Waals surface area contributed by atoms with E-state index >= 15 is 0 Å². The lowest BCUT2D eigenvalue weighted by Gasteiger charge is -2.03. The first kappa shape index (κ1) is 11.1. The van der Waals surface area contributed by atoms with Gasteiger partial charge in [0.2, 0.25) is 10.0 Å². The molecule has 0 bridgehead atoms. The van der Waals surface area contributed by atoms with Gasteiger partial charge in [-0.25, -0.2) is 13.1 Å². The predicted molar refractivity (Wildman–Crippen MR) is 50.6 cm³/mol. The Labute approximate surface area is 82.1 Å². The smallest absolute Gasteiger partial charge is 0.214 e. The minimum atomic E-state index is -3.39. The van der Waals surface area contributed by atoms with Gasteiger partial charge in [0.05, 0.1) is 11.4 Å². The molecule has 0 aliphatic rings. The molecule has 1 rings (SSSR count). The molecule has 0 amide bonds. The van der Waals surface area contributed by atoms with Gasteiger partial charge in [0, 0.05) is 0 Å². The lowest BCUT2D eigenvalue weighted by atomic mass is 10.2. The summed E-state index contributed by atoms with van der Waals surface area (Å²) in [4.78, 5) is 0.169. The predicted octanol–water partition coefficient (Wildman–Crippen LogP) is 0.569. The lowest BCUT2D eigenvalue weighted by Crippen LogP contribution is -2.18. The highest BCUT2D eigenvalue weighted by molar-refractivity contribution is 7.89. The summed E-state index contributed by atoms with van der Waals surface area (Å²) in [5.74, 6) is 0. The van der Waals surface area contributed by atoms with Crippen molar-refractivity contribution in [2.24, 2.45) is 0 Å². The summed E-state index contributed by atoms with van der Waals surface area (Å²) >= 11 is 0. The number of benzene rings is 1. The first-order chi connectivity index (χ1) is 6.60. The minimum Gasteiger partial charge on any atom is -0.214 e. The van der Waals surface area contributed by atoms with Crippen molar-refractivity contribution in [3.63, 3.8) is 0 Å². The van der Waals surface area contributed by atoms with Crippen LogP contribution in [0.5, 0.6) is 0 Å². The van der Waals surface area contributed by atoms with Gasteiger partial charge >= 0.3 is 0 Å². The van der Waals surface area contributed by atoms with Crippen LogP contribution < -0.4 is 10.3 Å². The zero-order valence-corrected chi connectivity index (χ0v) is 8.44. The van der Waals surface area contributed by atoms with Crippen molar-refractivity contribution >= 4 is 10.0 Å². The van der Waals surface area contributed by atoms with E-state index in [9.17, 15) is 12.9 Å². The first-order valence-corrected chi connectivity index (χ1v) is 5.44. The monoisotopic (exact) mass is 218 g/mol. The van der Waals surface area contributed by atoms with Gasteiger partial charge in [-0.1, -0.05) is 12.1 Å². The van der Waals surface area contributed by atoms with Crippen LogP contribution in [0.25, 0.3) is 0 Å². The van der Waals surface area contributed by atoms with Crippen molar-refractivity contribution in [2.45, 2.75) is 11.4 Å². The van der Waals surface area contributed by atoms with Gasteiger partial charge in [-0.3, -0.25) is 0 Å². The molecule has 0 aliphatic heterocycles. The minimum absolute atomic E-state index is 0.0693. The molecule has 1 aromatic rings.